The van der Waals surface area contributed by atoms with Crippen molar-refractivity contribution in [3.05, 3.63) is 35.7 Å². The summed E-state index contributed by atoms with van der Waals surface area (Å²) in [4.78, 5) is 16.3. The maximum Gasteiger partial charge on any atom is 0.230 e. The summed E-state index contributed by atoms with van der Waals surface area (Å²) < 4.78 is 0. The highest BCUT2D eigenvalue weighted by atomic mass is 32.1. The summed E-state index contributed by atoms with van der Waals surface area (Å²) in [5.41, 5.74) is 1.95. The molecule has 100 valence electrons. The molecule has 1 atom stereocenters. The highest BCUT2D eigenvalue weighted by molar-refractivity contribution is 7.14. The lowest BCUT2D eigenvalue weighted by molar-refractivity contribution is -0.119. The van der Waals surface area contributed by atoms with Crippen LogP contribution >= 0.6 is 11.3 Å². The van der Waals surface area contributed by atoms with E-state index in [9.17, 15) is 4.79 Å². The van der Waals surface area contributed by atoms with Gasteiger partial charge in [-0.15, -0.1) is 11.3 Å². The molecule has 0 spiro atoms. The van der Waals surface area contributed by atoms with Crippen LogP contribution in [0.1, 0.15) is 6.92 Å². The van der Waals surface area contributed by atoms with Gasteiger partial charge in [0.2, 0.25) is 5.91 Å². The van der Waals surface area contributed by atoms with Crippen LogP contribution in [0.4, 0.5) is 5.13 Å². The SMILES string of the molecule is CNCC(C)C(=O)Nc1nc(-c2ccccc2)cs1. The molecule has 1 aromatic carbocycles. The van der Waals surface area contributed by atoms with Crippen molar-refractivity contribution in [2.75, 3.05) is 18.9 Å². The quantitative estimate of drug-likeness (QED) is 0.882. The van der Waals surface area contributed by atoms with Gasteiger partial charge in [-0.2, -0.15) is 0 Å². The standard InChI is InChI=1S/C14H17N3OS/c1-10(8-15-2)13(18)17-14-16-12(9-19-14)11-6-4-3-5-7-11/h3-7,9-10,15H,8H2,1-2H3,(H,16,17,18). The van der Waals surface area contributed by atoms with Gasteiger partial charge in [0.25, 0.3) is 0 Å². The number of amides is 1. The van der Waals surface area contributed by atoms with Gasteiger partial charge in [0, 0.05) is 23.4 Å². The molecule has 5 heteroatoms. The lowest BCUT2D eigenvalue weighted by atomic mass is 10.1. The van der Waals surface area contributed by atoms with Crippen molar-refractivity contribution in [2.45, 2.75) is 6.92 Å². The number of aromatic nitrogens is 1. The van der Waals surface area contributed by atoms with Gasteiger partial charge in [0.1, 0.15) is 0 Å². The Labute approximate surface area is 116 Å². The average molecular weight is 275 g/mol. The first kappa shape index (κ1) is 13.7. The minimum Gasteiger partial charge on any atom is -0.319 e. The first-order valence-corrected chi connectivity index (χ1v) is 7.05. The summed E-state index contributed by atoms with van der Waals surface area (Å²) in [6, 6.07) is 9.93. The number of nitrogens with zero attached hydrogens (tertiary/aromatic N) is 1. The molecule has 1 aromatic heterocycles. The Bertz CT molecular complexity index is 539. The molecule has 1 amide bonds. The van der Waals surface area contributed by atoms with Crippen LogP contribution in [0.2, 0.25) is 0 Å². The van der Waals surface area contributed by atoms with E-state index in [2.05, 4.69) is 15.6 Å². The third kappa shape index (κ3) is 3.62. The molecule has 19 heavy (non-hydrogen) atoms. The molecule has 0 radical (unpaired) electrons. The smallest absolute Gasteiger partial charge is 0.230 e. The van der Waals surface area contributed by atoms with E-state index in [0.717, 1.165) is 11.3 Å². The molecule has 0 bridgehead atoms. The Morgan fingerprint density at radius 2 is 2.11 bits per heavy atom. The van der Waals surface area contributed by atoms with Gasteiger partial charge in [-0.3, -0.25) is 4.79 Å². The van der Waals surface area contributed by atoms with E-state index in [-0.39, 0.29) is 11.8 Å². The van der Waals surface area contributed by atoms with E-state index in [0.29, 0.717) is 11.7 Å². The van der Waals surface area contributed by atoms with Crippen molar-refractivity contribution < 1.29 is 4.79 Å². The number of carbonyl (C=O) groups is 1. The van der Waals surface area contributed by atoms with Gasteiger partial charge >= 0.3 is 0 Å². The van der Waals surface area contributed by atoms with Crippen molar-refractivity contribution in [3.63, 3.8) is 0 Å². The zero-order chi connectivity index (χ0) is 13.7. The average Bonchev–Trinajstić information content (AvgIpc) is 2.88. The third-order valence-electron chi connectivity index (χ3n) is 2.76. The minimum absolute atomic E-state index is 0.0108. The fourth-order valence-corrected chi connectivity index (χ4v) is 2.42. The highest BCUT2D eigenvalue weighted by Crippen LogP contribution is 2.24. The van der Waals surface area contributed by atoms with Crippen molar-refractivity contribution in [1.29, 1.82) is 0 Å². The maximum absolute atomic E-state index is 11.9. The molecule has 0 aliphatic rings. The lowest BCUT2D eigenvalue weighted by Crippen LogP contribution is -2.28. The lowest BCUT2D eigenvalue weighted by Gasteiger charge is -2.09. The summed E-state index contributed by atoms with van der Waals surface area (Å²) in [5, 5.41) is 8.43. The van der Waals surface area contributed by atoms with Crippen LogP contribution in [0, 0.1) is 5.92 Å². The van der Waals surface area contributed by atoms with E-state index in [4.69, 9.17) is 0 Å². The van der Waals surface area contributed by atoms with Crippen LogP contribution in [-0.4, -0.2) is 24.5 Å². The Morgan fingerprint density at radius 1 is 1.37 bits per heavy atom. The molecule has 0 aliphatic carbocycles. The molecule has 0 aliphatic heterocycles. The number of thiazole rings is 1. The fourth-order valence-electron chi connectivity index (χ4n) is 1.70. The first-order chi connectivity index (χ1) is 9.20. The van der Waals surface area contributed by atoms with Crippen molar-refractivity contribution in [2.24, 2.45) is 5.92 Å². The number of benzene rings is 1. The Balaban J connectivity index is 2.04. The monoisotopic (exact) mass is 275 g/mol. The topological polar surface area (TPSA) is 54.0 Å². The van der Waals surface area contributed by atoms with Crippen LogP contribution in [0.3, 0.4) is 0 Å². The number of hydrogen-bond donors (Lipinski definition) is 2. The van der Waals surface area contributed by atoms with Gasteiger partial charge < -0.3 is 10.6 Å². The zero-order valence-electron chi connectivity index (χ0n) is 11.0. The van der Waals surface area contributed by atoms with Crippen LogP contribution in [0.5, 0.6) is 0 Å². The maximum atomic E-state index is 11.9. The largest absolute Gasteiger partial charge is 0.319 e. The highest BCUT2D eigenvalue weighted by Gasteiger charge is 2.13. The second kappa shape index (κ2) is 6.45. The fraction of sp³-hybridized carbons (Fsp3) is 0.286. The summed E-state index contributed by atoms with van der Waals surface area (Å²) in [6.45, 7) is 2.54. The van der Waals surface area contributed by atoms with Gasteiger partial charge in [-0.1, -0.05) is 37.3 Å². The van der Waals surface area contributed by atoms with E-state index in [1.165, 1.54) is 11.3 Å². The van der Waals surface area contributed by atoms with E-state index in [1.54, 1.807) is 0 Å². The molecule has 2 N–H and O–H groups in total. The number of rotatable bonds is 5. The second-order valence-electron chi connectivity index (χ2n) is 4.35. The third-order valence-corrected chi connectivity index (χ3v) is 3.52. The van der Waals surface area contributed by atoms with Gasteiger partial charge in [0.15, 0.2) is 5.13 Å². The predicted octanol–water partition coefficient (Wildman–Crippen LogP) is 2.60. The van der Waals surface area contributed by atoms with Crippen LogP contribution in [-0.2, 0) is 4.79 Å². The van der Waals surface area contributed by atoms with E-state index >= 15 is 0 Å². The number of carbonyl (C=O) groups excluding carboxylic acids is 1. The molecular formula is C14H17N3OS. The van der Waals surface area contributed by atoms with Crippen molar-refractivity contribution in [3.8, 4) is 11.3 Å². The van der Waals surface area contributed by atoms with Crippen LogP contribution in [0.15, 0.2) is 35.7 Å². The van der Waals surface area contributed by atoms with Gasteiger partial charge in [0.05, 0.1) is 5.69 Å². The number of hydrogen-bond acceptors (Lipinski definition) is 4. The predicted molar refractivity (Wildman–Crippen MR) is 79.3 cm³/mol. The van der Waals surface area contributed by atoms with Crippen LogP contribution < -0.4 is 10.6 Å². The Hall–Kier alpha value is -1.72. The number of anilines is 1. The molecule has 1 heterocycles. The first-order valence-electron chi connectivity index (χ1n) is 6.17. The molecule has 2 rings (SSSR count). The van der Waals surface area contributed by atoms with E-state index < -0.39 is 0 Å². The van der Waals surface area contributed by atoms with Gasteiger partial charge in [-0.05, 0) is 7.05 Å². The summed E-state index contributed by atoms with van der Waals surface area (Å²) in [6.07, 6.45) is 0. The van der Waals surface area contributed by atoms with Crippen LogP contribution in [0.25, 0.3) is 11.3 Å². The van der Waals surface area contributed by atoms with Gasteiger partial charge in [-0.25, -0.2) is 4.98 Å². The molecule has 1 unspecified atom stereocenters. The number of nitrogens with one attached hydrogen (secondary N) is 2. The Kier molecular flexibility index (Phi) is 4.65. The van der Waals surface area contributed by atoms with Crippen molar-refractivity contribution >= 4 is 22.4 Å². The summed E-state index contributed by atoms with van der Waals surface area (Å²) in [7, 11) is 1.83. The van der Waals surface area contributed by atoms with E-state index in [1.807, 2.05) is 49.7 Å². The molecular weight excluding hydrogens is 258 g/mol. The second-order valence-corrected chi connectivity index (χ2v) is 5.21. The molecule has 0 fully saturated rings. The molecule has 4 nitrogen and oxygen atoms in total. The Morgan fingerprint density at radius 3 is 2.79 bits per heavy atom. The summed E-state index contributed by atoms with van der Waals surface area (Å²) in [5.74, 6) is -0.0858. The molecule has 0 saturated heterocycles. The van der Waals surface area contributed by atoms with Crippen molar-refractivity contribution in [1.82, 2.24) is 10.3 Å². The normalized spacial score (nSPS) is 12.1. The molecule has 2 aromatic rings. The minimum atomic E-state index is -0.0749. The molecule has 0 saturated carbocycles. The zero-order valence-corrected chi connectivity index (χ0v) is 11.8. The summed E-state index contributed by atoms with van der Waals surface area (Å²) >= 11 is 1.44.